The van der Waals surface area contributed by atoms with E-state index >= 15 is 0 Å². The third kappa shape index (κ3) is 3.88. The second kappa shape index (κ2) is 7.26. The zero-order valence-electron chi connectivity index (χ0n) is 13.8. The van der Waals surface area contributed by atoms with Crippen molar-refractivity contribution in [2.24, 2.45) is 0 Å². The summed E-state index contributed by atoms with van der Waals surface area (Å²) in [4.78, 5) is 37.1. The van der Waals surface area contributed by atoms with E-state index in [1.54, 1.807) is 0 Å². The average Bonchev–Trinajstić information content (AvgIpc) is 2.75. The van der Waals surface area contributed by atoms with Crippen LogP contribution in [0.5, 0.6) is 0 Å². The van der Waals surface area contributed by atoms with E-state index in [4.69, 9.17) is 0 Å². The van der Waals surface area contributed by atoms with Gasteiger partial charge in [-0.1, -0.05) is 37.6 Å². The molecule has 2 N–H and O–H groups in total. The molecule has 23 heavy (non-hydrogen) atoms. The van der Waals surface area contributed by atoms with Gasteiger partial charge >= 0.3 is 6.03 Å². The van der Waals surface area contributed by atoms with E-state index in [9.17, 15) is 14.4 Å². The topological polar surface area (TPSA) is 78.5 Å². The van der Waals surface area contributed by atoms with Crippen LogP contribution < -0.4 is 10.6 Å². The maximum Gasteiger partial charge on any atom is 0.325 e. The molecule has 6 heteroatoms. The fourth-order valence-electron chi connectivity index (χ4n) is 2.79. The van der Waals surface area contributed by atoms with Crippen LogP contribution >= 0.6 is 0 Å². The molecular formula is C17H23N3O3. The first-order chi connectivity index (χ1) is 10.9. The van der Waals surface area contributed by atoms with Crippen molar-refractivity contribution in [2.75, 3.05) is 6.54 Å². The SMILES string of the molecule is CCCC1NC(=O)N(CC(=O)NC(C)c2ccccc2C)C1=O. The Hall–Kier alpha value is -2.37. The first-order valence-electron chi connectivity index (χ1n) is 7.90. The molecule has 2 atom stereocenters. The van der Waals surface area contributed by atoms with Crippen molar-refractivity contribution in [1.82, 2.24) is 15.5 Å². The normalized spacial score (nSPS) is 18.7. The number of nitrogens with one attached hydrogen (secondary N) is 2. The van der Waals surface area contributed by atoms with E-state index < -0.39 is 12.1 Å². The molecule has 2 unspecified atom stereocenters. The summed E-state index contributed by atoms with van der Waals surface area (Å²) in [5, 5.41) is 5.45. The fraction of sp³-hybridized carbons (Fsp3) is 0.471. The predicted molar refractivity (Wildman–Crippen MR) is 86.7 cm³/mol. The molecule has 4 amide bonds. The molecule has 0 spiro atoms. The molecule has 1 heterocycles. The number of benzene rings is 1. The van der Waals surface area contributed by atoms with Crippen LogP contribution in [0.1, 0.15) is 43.9 Å². The number of aryl methyl sites for hydroxylation is 1. The number of imide groups is 1. The Morgan fingerprint density at radius 3 is 2.70 bits per heavy atom. The smallest absolute Gasteiger partial charge is 0.325 e. The molecule has 1 aromatic carbocycles. The number of amides is 4. The standard InChI is InChI=1S/C17H23N3O3/c1-4-7-14-16(22)20(17(23)19-14)10-15(21)18-12(3)13-9-6-5-8-11(13)2/h5-6,8-9,12,14H,4,7,10H2,1-3H3,(H,18,21)(H,19,23). The largest absolute Gasteiger partial charge is 0.348 e. The number of carbonyl (C=O) groups is 3. The molecule has 6 nitrogen and oxygen atoms in total. The van der Waals surface area contributed by atoms with Gasteiger partial charge in [-0.3, -0.25) is 14.5 Å². The van der Waals surface area contributed by atoms with Gasteiger partial charge in [-0.25, -0.2) is 4.79 Å². The van der Waals surface area contributed by atoms with Gasteiger partial charge in [-0.05, 0) is 31.4 Å². The molecule has 2 rings (SSSR count). The van der Waals surface area contributed by atoms with Gasteiger partial charge in [-0.15, -0.1) is 0 Å². The highest BCUT2D eigenvalue weighted by atomic mass is 16.2. The highest BCUT2D eigenvalue weighted by Crippen LogP contribution is 2.17. The predicted octanol–water partition coefficient (Wildman–Crippen LogP) is 1.89. The summed E-state index contributed by atoms with van der Waals surface area (Å²) in [5.74, 6) is -0.669. The van der Waals surface area contributed by atoms with Crippen molar-refractivity contribution < 1.29 is 14.4 Å². The highest BCUT2D eigenvalue weighted by Gasteiger charge is 2.38. The van der Waals surface area contributed by atoms with Crippen molar-refractivity contribution >= 4 is 17.8 Å². The first-order valence-corrected chi connectivity index (χ1v) is 7.90. The van der Waals surface area contributed by atoms with Crippen LogP contribution in [-0.4, -0.2) is 35.3 Å². The summed E-state index contributed by atoms with van der Waals surface area (Å²) < 4.78 is 0. The van der Waals surface area contributed by atoms with Crippen LogP contribution in [0.2, 0.25) is 0 Å². The van der Waals surface area contributed by atoms with E-state index in [0.29, 0.717) is 6.42 Å². The number of urea groups is 1. The van der Waals surface area contributed by atoms with E-state index in [-0.39, 0.29) is 24.4 Å². The Morgan fingerprint density at radius 2 is 2.04 bits per heavy atom. The molecule has 1 aromatic rings. The van der Waals surface area contributed by atoms with Crippen LogP contribution in [0.15, 0.2) is 24.3 Å². The fourth-order valence-corrected chi connectivity index (χ4v) is 2.79. The molecule has 0 aliphatic carbocycles. The van der Waals surface area contributed by atoms with Crippen molar-refractivity contribution in [3.63, 3.8) is 0 Å². The molecular weight excluding hydrogens is 294 g/mol. The van der Waals surface area contributed by atoms with Gasteiger partial charge < -0.3 is 10.6 Å². The maximum atomic E-state index is 12.2. The van der Waals surface area contributed by atoms with Crippen LogP contribution in [0.3, 0.4) is 0 Å². The van der Waals surface area contributed by atoms with E-state index in [1.807, 2.05) is 45.0 Å². The van der Waals surface area contributed by atoms with Crippen LogP contribution in [-0.2, 0) is 9.59 Å². The minimum atomic E-state index is -0.505. The summed E-state index contributed by atoms with van der Waals surface area (Å²) in [5.41, 5.74) is 2.10. The maximum absolute atomic E-state index is 12.2. The van der Waals surface area contributed by atoms with Crippen molar-refractivity contribution in [3.05, 3.63) is 35.4 Å². The summed E-state index contributed by atoms with van der Waals surface area (Å²) >= 11 is 0. The first kappa shape index (κ1) is 17.0. The summed E-state index contributed by atoms with van der Waals surface area (Å²) in [6, 6.07) is 6.60. The number of carbonyl (C=O) groups excluding carboxylic acids is 3. The molecule has 0 radical (unpaired) electrons. The summed E-state index contributed by atoms with van der Waals surface area (Å²) in [6.07, 6.45) is 1.38. The Bertz CT molecular complexity index is 615. The minimum absolute atomic E-state index is 0.184. The molecule has 0 saturated carbocycles. The molecule has 1 saturated heterocycles. The van der Waals surface area contributed by atoms with Crippen molar-refractivity contribution in [2.45, 2.75) is 45.7 Å². The lowest BCUT2D eigenvalue weighted by Crippen LogP contribution is -2.41. The molecule has 124 valence electrons. The number of hydrogen-bond donors (Lipinski definition) is 2. The Balaban J connectivity index is 1.96. The van der Waals surface area contributed by atoms with Gasteiger partial charge in [0.2, 0.25) is 5.91 Å². The quantitative estimate of drug-likeness (QED) is 0.787. The Labute approximate surface area is 136 Å². The number of hydrogen-bond acceptors (Lipinski definition) is 3. The third-order valence-corrected chi connectivity index (χ3v) is 4.02. The molecule has 1 aliphatic heterocycles. The van der Waals surface area contributed by atoms with Gasteiger partial charge in [0.1, 0.15) is 12.6 Å². The minimum Gasteiger partial charge on any atom is -0.348 e. The molecule has 1 aliphatic rings. The van der Waals surface area contributed by atoms with Gasteiger partial charge in [-0.2, -0.15) is 0 Å². The monoisotopic (exact) mass is 317 g/mol. The van der Waals surface area contributed by atoms with Gasteiger partial charge in [0.25, 0.3) is 5.91 Å². The van der Waals surface area contributed by atoms with Crippen LogP contribution in [0, 0.1) is 6.92 Å². The lowest BCUT2D eigenvalue weighted by molar-refractivity contribution is -0.132. The van der Waals surface area contributed by atoms with E-state index in [0.717, 1.165) is 22.4 Å². The summed E-state index contributed by atoms with van der Waals surface area (Å²) in [6.45, 7) is 5.55. The van der Waals surface area contributed by atoms with Crippen molar-refractivity contribution in [1.29, 1.82) is 0 Å². The number of nitrogens with zero attached hydrogens (tertiary/aromatic N) is 1. The molecule has 0 aromatic heterocycles. The number of rotatable bonds is 6. The Kier molecular flexibility index (Phi) is 5.36. The molecule has 1 fully saturated rings. The highest BCUT2D eigenvalue weighted by molar-refractivity contribution is 6.06. The molecule has 0 bridgehead atoms. The van der Waals surface area contributed by atoms with Crippen molar-refractivity contribution in [3.8, 4) is 0 Å². The third-order valence-electron chi connectivity index (χ3n) is 4.02. The second-order valence-electron chi connectivity index (χ2n) is 5.86. The zero-order chi connectivity index (χ0) is 17.0. The Morgan fingerprint density at radius 1 is 1.35 bits per heavy atom. The van der Waals surface area contributed by atoms with Gasteiger partial charge in [0.15, 0.2) is 0 Å². The zero-order valence-corrected chi connectivity index (χ0v) is 13.8. The summed E-state index contributed by atoms with van der Waals surface area (Å²) in [7, 11) is 0. The second-order valence-corrected chi connectivity index (χ2v) is 5.86. The van der Waals surface area contributed by atoms with Gasteiger partial charge in [0, 0.05) is 0 Å². The lowest BCUT2D eigenvalue weighted by atomic mass is 10.0. The van der Waals surface area contributed by atoms with Gasteiger partial charge in [0.05, 0.1) is 6.04 Å². The van der Waals surface area contributed by atoms with Crippen LogP contribution in [0.25, 0.3) is 0 Å². The van der Waals surface area contributed by atoms with Crippen LogP contribution in [0.4, 0.5) is 4.79 Å². The van der Waals surface area contributed by atoms with E-state index in [1.165, 1.54) is 0 Å². The van der Waals surface area contributed by atoms with E-state index in [2.05, 4.69) is 10.6 Å². The average molecular weight is 317 g/mol. The lowest BCUT2D eigenvalue weighted by Gasteiger charge is -2.18.